The minimum atomic E-state index is -0.239. The molecule has 0 spiro atoms. The van der Waals surface area contributed by atoms with E-state index in [9.17, 15) is 4.79 Å². The molecule has 0 bridgehead atoms. The van der Waals surface area contributed by atoms with Crippen molar-refractivity contribution < 1.29 is 14.1 Å². The Morgan fingerprint density at radius 2 is 1.97 bits per heavy atom. The maximum Gasteiger partial charge on any atom is 0.276 e. The maximum absolute atomic E-state index is 12.9. The smallest absolute Gasteiger partial charge is 0.276 e. The second-order valence-corrected chi connectivity index (χ2v) is 7.40. The van der Waals surface area contributed by atoms with Crippen molar-refractivity contribution in [3.05, 3.63) is 66.6 Å². The number of amides is 1. The zero-order valence-corrected chi connectivity index (χ0v) is 16.8. The van der Waals surface area contributed by atoms with E-state index in [2.05, 4.69) is 20.1 Å². The highest BCUT2D eigenvalue weighted by molar-refractivity contribution is 5.78. The van der Waals surface area contributed by atoms with Crippen molar-refractivity contribution in [2.75, 3.05) is 13.2 Å². The minimum absolute atomic E-state index is 0.0247. The van der Waals surface area contributed by atoms with Crippen LogP contribution in [0.3, 0.4) is 0 Å². The Bertz CT molecular complexity index is 1190. The quantitative estimate of drug-likeness (QED) is 0.489. The van der Waals surface area contributed by atoms with Crippen LogP contribution < -0.4 is 4.74 Å². The fraction of sp³-hybridized carbons (Fsp3) is 0.261. The molecule has 1 aliphatic heterocycles. The normalized spacial score (nSPS) is 16.4. The average molecular weight is 415 g/mol. The van der Waals surface area contributed by atoms with Gasteiger partial charge in [0.05, 0.1) is 6.04 Å². The second kappa shape index (κ2) is 8.51. The van der Waals surface area contributed by atoms with Gasteiger partial charge in [0.1, 0.15) is 11.4 Å². The van der Waals surface area contributed by atoms with Crippen LogP contribution in [-0.2, 0) is 4.79 Å². The van der Waals surface area contributed by atoms with Gasteiger partial charge >= 0.3 is 0 Å². The van der Waals surface area contributed by atoms with Crippen molar-refractivity contribution >= 4 is 16.9 Å². The molecule has 1 fully saturated rings. The van der Waals surface area contributed by atoms with Crippen LogP contribution in [-0.4, -0.2) is 44.1 Å². The number of carbonyl (C=O) groups excluding carboxylic acids is 1. The molecule has 1 amide bonds. The topological polar surface area (TPSA) is 94.2 Å². The number of fused-ring (bicyclic) bond motifs is 1. The van der Waals surface area contributed by atoms with Gasteiger partial charge in [0.2, 0.25) is 0 Å². The molecular formula is C23H21N5O3. The first-order valence-electron chi connectivity index (χ1n) is 10.3. The fourth-order valence-corrected chi connectivity index (χ4v) is 3.79. The van der Waals surface area contributed by atoms with Crippen LogP contribution in [0.4, 0.5) is 0 Å². The Hall–Kier alpha value is -3.81. The summed E-state index contributed by atoms with van der Waals surface area (Å²) < 4.78 is 11.1. The molecule has 0 N–H and O–H groups in total. The lowest BCUT2D eigenvalue weighted by Crippen LogP contribution is -2.41. The van der Waals surface area contributed by atoms with Gasteiger partial charge in [0, 0.05) is 18.1 Å². The van der Waals surface area contributed by atoms with Crippen molar-refractivity contribution in [3.8, 4) is 17.3 Å². The predicted molar refractivity (Wildman–Crippen MR) is 113 cm³/mol. The number of pyridine rings is 2. The van der Waals surface area contributed by atoms with Gasteiger partial charge in [0.15, 0.2) is 18.1 Å². The third kappa shape index (κ3) is 4.09. The van der Waals surface area contributed by atoms with Crippen molar-refractivity contribution in [1.29, 1.82) is 0 Å². The SMILES string of the molecule is O=C(COc1ccccc1)N1CCCC[C@@H]1c1noc(-c2ccc3cccnc3n2)n1. The van der Waals surface area contributed by atoms with Crippen LogP contribution >= 0.6 is 0 Å². The third-order valence-corrected chi connectivity index (χ3v) is 5.35. The lowest BCUT2D eigenvalue weighted by atomic mass is 10.0. The Balaban J connectivity index is 1.34. The Kier molecular flexibility index (Phi) is 5.26. The molecule has 4 heterocycles. The number of carbonyl (C=O) groups is 1. The summed E-state index contributed by atoms with van der Waals surface area (Å²) in [5.74, 6) is 1.39. The van der Waals surface area contributed by atoms with E-state index in [0.29, 0.717) is 35.4 Å². The highest BCUT2D eigenvalue weighted by Crippen LogP contribution is 2.30. The number of nitrogens with zero attached hydrogens (tertiary/aromatic N) is 5. The standard InChI is InChI=1S/C23H21N5O3/c29-20(15-30-17-8-2-1-3-9-17)28-14-5-4-10-19(28)22-26-23(31-27-22)18-12-11-16-7-6-13-24-21(16)25-18/h1-3,6-9,11-13,19H,4-5,10,14-15H2/t19-/m1/s1. The van der Waals surface area contributed by atoms with Gasteiger partial charge in [-0.3, -0.25) is 4.79 Å². The number of likely N-dealkylation sites (tertiary alicyclic amines) is 1. The molecule has 1 atom stereocenters. The molecule has 4 aromatic rings. The molecule has 1 aliphatic rings. The van der Waals surface area contributed by atoms with Crippen LogP contribution in [0.1, 0.15) is 31.1 Å². The van der Waals surface area contributed by atoms with Gasteiger partial charge in [-0.2, -0.15) is 4.98 Å². The summed E-state index contributed by atoms with van der Waals surface area (Å²) in [6.07, 6.45) is 4.41. The lowest BCUT2D eigenvalue weighted by molar-refractivity contribution is -0.137. The van der Waals surface area contributed by atoms with E-state index in [1.54, 1.807) is 11.1 Å². The fourth-order valence-electron chi connectivity index (χ4n) is 3.79. The first-order valence-corrected chi connectivity index (χ1v) is 10.3. The van der Waals surface area contributed by atoms with E-state index >= 15 is 0 Å². The van der Waals surface area contributed by atoms with Crippen LogP contribution in [0, 0.1) is 0 Å². The zero-order valence-electron chi connectivity index (χ0n) is 16.8. The largest absolute Gasteiger partial charge is 0.484 e. The second-order valence-electron chi connectivity index (χ2n) is 7.40. The summed E-state index contributed by atoms with van der Waals surface area (Å²) >= 11 is 0. The number of hydrogen-bond donors (Lipinski definition) is 0. The highest BCUT2D eigenvalue weighted by atomic mass is 16.5. The summed E-state index contributed by atoms with van der Waals surface area (Å²) in [4.78, 5) is 28.0. The minimum Gasteiger partial charge on any atom is -0.484 e. The molecule has 0 unspecified atom stereocenters. The highest BCUT2D eigenvalue weighted by Gasteiger charge is 2.32. The molecule has 0 radical (unpaired) electrons. The van der Waals surface area contributed by atoms with Crippen LogP contribution in [0.25, 0.3) is 22.6 Å². The molecule has 156 valence electrons. The molecule has 3 aromatic heterocycles. The van der Waals surface area contributed by atoms with Crippen molar-refractivity contribution in [1.82, 2.24) is 25.0 Å². The molecule has 0 aliphatic carbocycles. The Labute approximate surface area is 178 Å². The first kappa shape index (κ1) is 19.2. The summed E-state index contributed by atoms with van der Waals surface area (Å²) in [7, 11) is 0. The van der Waals surface area contributed by atoms with Gasteiger partial charge in [-0.25, -0.2) is 9.97 Å². The molecule has 5 rings (SSSR count). The maximum atomic E-state index is 12.9. The van der Waals surface area contributed by atoms with Crippen LogP contribution in [0.2, 0.25) is 0 Å². The third-order valence-electron chi connectivity index (χ3n) is 5.35. The molecule has 31 heavy (non-hydrogen) atoms. The summed E-state index contributed by atoms with van der Waals surface area (Å²) in [6, 6.07) is 16.6. The molecule has 8 nitrogen and oxygen atoms in total. The number of hydrogen-bond acceptors (Lipinski definition) is 7. The van der Waals surface area contributed by atoms with Gasteiger partial charge in [0.25, 0.3) is 11.8 Å². The van der Waals surface area contributed by atoms with Gasteiger partial charge < -0.3 is 14.2 Å². The Morgan fingerprint density at radius 3 is 2.87 bits per heavy atom. The van der Waals surface area contributed by atoms with E-state index < -0.39 is 0 Å². The van der Waals surface area contributed by atoms with E-state index in [4.69, 9.17) is 9.26 Å². The van der Waals surface area contributed by atoms with Gasteiger partial charge in [-0.05, 0) is 55.7 Å². The predicted octanol–water partition coefficient (Wildman–Crippen LogP) is 3.81. The van der Waals surface area contributed by atoms with Gasteiger partial charge in [-0.15, -0.1) is 0 Å². The molecular weight excluding hydrogens is 394 g/mol. The van der Waals surface area contributed by atoms with Crippen LogP contribution in [0.15, 0.2) is 65.3 Å². The van der Waals surface area contributed by atoms with E-state index in [1.807, 2.05) is 54.6 Å². The number of ether oxygens (including phenoxy) is 1. The van der Waals surface area contributed by atoms with E-state index in [-0.39, 0.29) is 18.6 Å². The number of para-hydroxylation sites is 1. The van der Waals surface area contributed by atoms with Crippen molar-refractivity contribution in [3.63, 3.8) is 0 Å². The molecule has 0 saturated carbocycles. The molecule has 8 heteroatoms. The summed E-state index contributed by atoms with van der Waals surface area (Å²) in [5.41, 5.74) is 1.18. The summed E-state index contributed by atoms with van der Waals surface area (Å²) in [5, 5.41) is 5.10. The lowest BCUT2D eigenvalue weighted by Gasteiger charge is -2.33. The number of benzene rings is 1. The van der Waals surface area contributed by atoms with E-state index in [1.165, 1.54) is 0 Å². The first-order chi connectivity index (χ1) is 15.3. The van der Waals surface area contributed by atoms with Crippen molar-refractivity contribution in [2.45, 2.75) is 25.3 Å². The monoisotopic (exact) mass is 415 g/mol. The number of rotatable bonds is 5. The van der Waals surface area contributed by atoms with E-state index in [0.717, 1.165) is 24.6 Å². The van der Waals surface area contributed by atoms with Gasteiger partial charge in [-0.1, -0.05) is 23.4 Å². The number of aromatic nitrogens is 4. The Morgan fingerprint density at radius 1 is 1.06 bits per heavy atom. The van der Waals surface area contributed by atoms with Crippen molar-refractivity contribution in [2.24, 2.45) is 0 Å². The molecule has 1 saturated heterocycles. The molecule has 1 aromatic carbocycles. The average Bonchev–Trinajstić information content (AvgIpc) is 3.33. The summed E-state index contributed by atoms with van der Waals surface area (Å²) in [6.45, 7) is 0.618. The zero-order chi connectivity index (χ0) is 21.0. The number of piperidine rings is 1. The van der Waals surface area contributed by atoms with Crippen LogP contribution in [0.5, 0.6) is 5.75 Å².